The first-order valence-electron chi connectivity index (χ1n) is 9.10. The number of sulfonamides is 1. The van der Waals surface area contributed by atoms with Crippen LogP contribution in [-0.4, -0.2) is 32.9 Å². The topological polar surface area (TPSA) is 114 Å². The molecule has 2 amide bonds. The lowest BCUT2D eigenvalue weighted by Gasteiger charge is -2.15. The third-order valence-electron chi connectivity index (χ3n) is 3.65. The third kappa shape index (κ3) is 6.30. The molecule has 0 aromatic heterocycles. The van der Waals surface area contributed by atoms with Gasteiger partial charge in [-0.1, -0.05) is 0 Å². The maximum absolute atomic E-state index is 12.6. The number of hydrogen-bond acceptors (Lipinski definition) is 5. The Hall–Kier alpha value is -2.91. The van der Waals surface area contributed by atoms with E-state index in [0.29, 0.717) is 11.4 Å². The van der Waals surface area contributed by atoms with E-state index >= 15 is 0 Å². The van der Waals surface area contributed by atoms with Gasteiger partial charge in [0, 0.05) is 29.9 Å². The highest BCUT2D eigenvalue weighted by Crippen LogP contribution is 2.26. The Morgan fingerprint density at radius 2 is 1.59 bits per heavy atom. The fraction of sp³-hybridized carbons (Fsp3) is 0.300. The molecule has 0 saturated heterocycles. The van der Waals surface area contributed by atoms with Gasteiger partial charge in [0.15, 0.2) is 0 Å². The summed E-state index contributed by atoms with van der Waals surface area (Å²) < 4.78 is 33.2. The number of carbonyl (C=O) groups is 2. The molecule has 0 aliphatic heterocycles. The van der Waals surface area contributed by atoms with E-state index in [4.69, 9.17) is 4.74 Å². The molecule has 156 valence electrons. The first-order valence-corrected chi connectivity index (χ1v) is 10.6. The summed E-state index contributed by atoms with van der Waals surface area (Å²) in [4.78, 5) is 23.6. The summed E-state index contributed by atoms with van der Waals surface area (Å²) in [6, 6.07) is 10.5. The molecule has 29 heavy (non-hydrogen) atoms. The fourth-order valence-electron chi connectivity index (χ4n) is 2.55. The molecule has 0 unspecified atom stereocenters. The molecule has 3 N–H and O–H groups in total. The third-order valence-corrected chi connectivity index (χ3v) is 5.33. The highest BCUT2D eigenvalue weighted by molar-refractivity contribution is 7.89. The van der Waals surface area contributed by atoms with Gasteiger partial charge < -0.3 is 15.4 Å². The van der Waals surface area contributed by atoms with Gasteiger partial charge in [-0.3, -0.25) is 9.59 Å². The SMILES string of the molecule is CCOc1ccc(C(=O)Nc2ccc(NC(C)=O)cc2)cc1S(=O)(=O)NC(C)C. The second-order valence-electron chi connectivity index (χ2n) is 6.58. The average Bonchev–Trinajstić information content (AvgIpc) is 2.62. The zero-order chi connectivity index (χ0) is 21.6. The van der Waals surface area contributed by atoms with E-state index in [-0.39, 0.29) is 34.8 Å². The summed E-state index contributed by atoms with van der Waals surface area (Å²) in [7, 11) is -3.85. The van der Waals surface area contributed by atoms with Crippen LogP contribution in [0.2, 0.25) is 0 Å². The molecule has 0 aliphatic rings. The molecule has 0 aliphatic carbocycles. The van der Waals surface area contributed by atoms with E-state index in [9.17, 15) is 18.0 Å². The Labute approximate surface area is 170 Å². The van der Waals surface area contributed by atoms with Crippen LogP contribution in [-0.2, 0) is 14.8 Å². The minimum Gasteiger partial charge on any atom is -0.492 e. The molecule has 0 bridgehead atoms. The number of carbonyl (C=O) groups excluding carboxylic acids is 2. The smallest absolute Gasteiger partial charge is 0.255 e. The van der Waals surface area contributed by atoms with Crippen molar-refractivity contribution in [3.8, 4) is 5.75 Å². The predicted octanol–water partition coefficient (Wildman–Crippen LogP) is 2.98. The van der Waals surface area contributed by atoms with Crippen LogP contribution in [0, 0.1) is 0 Å². The number of ether oxygens (including phenoxy) is 1. The molecular weight excluding hydrogens is 394 g/mol. The summed E-state index contributed by atoms with van der Waals surface area (Å²) in [5, 5.41) is 5.34. The minimum atomic E-state index is -3.85. The van der Waals surface area contributed by atoms with Crippen molar-refractivity contribution in [2.45, 2.75) is 38.6 Å². The van der Waals surface area contributed by atoms with Crippen LogP contribution >= 0.6 is 0 Å². The van der Waals surface area contributed by atoms with Crippen molar-refractivity contribution in [2.24, 2.45) is 0 Å². The highest BCUT2D eigenvalue weighted by atomic mass is 32.2. The summed E-state index contributed by atoms with van der Waals surface area (Å²) >= 11 is 0. The largest absolute Gasteiger partial charge is 0.492 e. The van der Waals surface area contributed by atoms with E-state index in [1.807, 2.05) is 0 Å². The Balaban J connectivity index is 2.28. The van der Waals surface area contributed by atoms with Gasteiger partial charge >= 0.3 is 0 Å². The monoisotopic (exact) mass is 419 g/mol. The fourth-order valence-corrected chi connectivity index (χ4v) is 3.97. The van der Waals surface area contributed by atoms with Crippen molar-refractivity contribution >= 4 is 33.2 Å². The lowest BCUT2D eigenvalue weighted by molar-refractivity contribution is -0.114. The lowest BCUT2D eigenvalue weighted by atomic mass is 10.2. The van der Waals surface area contributed by atoms with Gasteiger partial charge in [-0.25, -0.2) is 13.1 Å². The van der Waals surface area contributed by atoms with E-state index in [1.165, 1.54) is 25.1 Å². The maximum atomic E-state index is 12.6. The Kier molecular flexibility index (Phi) is 7.35. The molecule has 0 radical (unpaired) electrons. The molecule has 2 aromatic carbocycles. The maximum Gasteiger partial charge on any atom is 0.255 e. The average molecular weight is 420 g/mol. The van der Waals surface area contributed by atoms with Gasteiger partial charge in [-0.05, 0) is 63.2 Å². The van der Waals surface area contributed by atoms with Crippen molar-refractivity contribution in [1.82, 2.24) is 4.72 Å². The van der Waals surface area contributed by atoms with Crippen molar-refractivity contribution < 1.29 is 22.7 Å². The van der Waals surface area contributed by atoms with Crippen molar-refractivity contribution in [1.29, 1.82) is 0 Å². The van der Waals surface area contributed by atoms with E-state index in [1.54, 1.807) is 45.0 Å². The van der Waals surface area contributed by atoms with Gasteiger partial charge in [-0.15, -0.1) is 0 Å². The molecule has 0 fully saturated rings. The standard InChI is InChI=1S/C20H25N3O5S/c1-5-28-18-11-6-15(12-19(18)29(26,27)23-13(2)3)20(25)22-17-9-7-16(8-10-17)21-14(4)24/h6-13,23H,5H2,1-4H3,(H,21,24)(H,22,25). The van der Waals surface area contributed by atoms with Gasteiger partial charge in [0.05, 0.1) is 6.61 Å². The first kappa shape index (κ1) is 22.4. The molecule has 9 heteroatoms. The minimum absolute atomic E-state index is 0.0956. The number of hydrogen-bond donors (Lipinski definition) is 3. The molecular formula is C20H25N3O5S. The van der Waals surface area contributed by atoms with Gasteiger partial charge in [-0.2, -0.15) is 0 Å². The molecule has 0 spiro atoms. The summed E-state index contributed by atoms with van der Waals surface area (Å²) in [6.45, 7) is 6.85. The van der Waals surface area contributed by atoms with Crippen LogP contribution in [0.1, 0.15) is 38.1 Å². The van der Waals surface area contributed by atoms with E-state index < -0.39 is 15.9 Å². The molecule has 0 atom stereocenters. The first-order chi connectivity index (χ1) is 13.6. The van der Waals surface area contributed by atoms with Crippen LogP contribution in [0.3, 0.4) is 0 Å². The van der Waals surface area contributed by atoms with Crippen molar-refractivity contribution in [3.63, 3.8) is 0 Å². The Morgan fingerprint density at radius 1 is 1.00 bits per heavy atom. The van der Waals surface area contributed by atoms with E-state index in [0.717, 1.165) is 0 Å². The van der Waals surface area contributed by atoms with Crippen molar-refractivity contribution in [3.05, 3.63) is 48.0 Å². The number of rotatable bonds is 8. The normalized spacial score (nSPS) is 11.2. The molecule has 0 saturated carbocycles. The summed E-state index contributed by atoms with van der Waals surface area (Å²) in [6.07, 6.45) is 0. The second-order valence-corrected chi connectivity index (χ2v) is 8.27. The second kappa shape index (κ2) is 9.53. The van der Waals surface area contributed by atoms with Crippen LogP contribution in [0.4, 0.5) is 11.4 Å². The zero-order valence-corrected chi connectivity index (χ0v) is 17.6. The van der Waals surface area contributed by atoms with Crippen LogP contribution < -0.4 is 20.1 Å². The van der Waals surface area contributed by atoms with Crippen molar-refractivity contribution in [2.75, 3.05) is 17.2 Å². The molecule has 8 nitrogen and oxygen atoms in total. The summed E-state index contributed by atoms with van der Waals surface area (Å²) in [5.41, 5.74) is 1.27. The lowest BCUT2D eigenvalue weighted by Crippen LogP contribution is -2.30. The molecule has 0 heterocycles. The van der Waals surface area contributed by atoms with Gasteiger partial charge in [0.2, 0.25) is 15.9 Å². The molecule has 2 aromatic rings. The quantitative estimate of drug-likeness (QED) is 0.609. The number of benzene rings is 2. The zero-order valence-electron chi connectivity index (χ0n) is 16.8. The van der Waals surface area contributed by atoms with Crippen LogP contribution in [0.5, 0.6) is 5.75 Å². The van der Waals surface area contributed by atoms with Gasteiger partial charge in [0.1, 0.15) is 10.6 Å². The Morgan fingerprint density at radius 3 is 2.10 bits per heavy atom. The van der Waals surface area contributed by atoms with Crippen LogP contribution in [0.25, 0.3) is 0 Å². The van der Waals surface area contributed by atoms with E-state index in [2.05, 4.69) is 15.4 Å². The molecule has 2 rings (SSSR count). The Bertz CT molecular complexity index is 986. The predicted molar refractivity (Wildman–Crippen MR) is 112 cm³/mol. The van der Waals surface area contributed by atoms with Crippen LogP contribution in [0.15, 0.2) is 47.4 Å². The number of anilines is 2. The number of amides is 2. The number of nitrogens with one attached hydrogen (secondary N) is 3. The highest BCUT2D eigenvalue weighted by Gasteiger charge is 2.22. The summed E-state index contributed by atoms with van der Waals surface area (Å²) in [5.74, 6) is -0.488. The van der Waals surface area contributed by atoms with Gasteiger partial charge in [0.25, 0.3) is 5.91 Å².